The Kier molecular flexibility index (Phi) is 4.94. The van der Waals surface area contributed by atoms with E-state index in [9.17, 15) is 4.79 Å². The van der Waals surface area contributed by atoms with E-state index in [0.29, 0.717) is 12.3 Å². The highest BCUT2D eigenvalue weighted by molar-refractivity contribution is 5.76. The Labute approximate surface area is 86.1 Å². The molecule has 1 aliphatic heterocycles. The fourth-order valence-electron chi connectivity index (χ4n) is 1.93. The SMILES string of the molecule is CCCCC(=O)N1CCCC(CO)C1. The molecule has 3 heteroatoms. The van der Waals surface area contributed by atoms with Gasteiger partial charge in [0.25, 0.3) is 0 Å². The molecule has 1 unspecified atom stereocenters. The van der Waals surface area contributed by atoms with E-state index in [1.165, 1.54) is 0 Å². The molecule has 0 aromatic heterocycles. The van der Waals surface area contributed by atoms with Crippen molar-refractivity contribution in [1.82, 2.24) is 4.90 Å². The fraction of sp³-hybridized carbons (Fsp3) is 0.909. The zero-order valence-corrected chi connectivity index (χ0v) is 9.04. The summed E-state index contributed by atoms with van der Waals surface area (Å²) in [6, 6.07) is 0. The first-order chi connectivity index (χ1) is 6.77. The molecule has 14 heavy (non-hydrogen) atoms. The number of piperidine rings is 1. The summed E-state index contributed by atoms with van der Waals surface area (Å²) >= 11 is 0. The third-order valence-corrected chi connectivity index (χ3v) is 2.87. The lowest BCUT2D eigenvalue weighted by molar-refractivity contribution is -0.133. The Bertz CT molecular complexity index is 182. The molecule has 1 amide bonds. The van der Waals surface area contributed by atoms with Crippen molar-refractivity contribution in [2.24, 2.45) is 5.92 Å². The summed E-state index contributed by atoms with van der Waals surface area (Å²) in [4.78, 5) is 13.6. The smallest absolute Gasteiger partial charge is 0.222 e. The van der Waals surface area contributed by atoms with Gasteiger partial charge in [-0.2, -0.15) is 0 Å². The highest BCUT2D eigenvalue weighted by atomic mass is 16.3. The third-order valence-electron chi connectivity index (χ3n) is 2.87. The van der Waals surface area contributed by atoms with Gasteiger partial charge in [0.15, 0.2) is 0 Å². The quantitative estimate of drug-likeness (QED) is 0.743. The molecule has 0 aromatic carbocycles. The maximum absolute atomic E-state index is 11.7. The number of unbranched alkanes of at least 4 members (excludes halogenated alkanes) is 1. The molecule has 3 nitrogen and oxygen atoms in total. The molecular formula is C11H21NO2. The van der Waals surface area contributed by atoms with E-state index in [2.05, 4.69) is 6.92 Å². The Morgan fingerprint density at radius 1 is 1.57 bits per heavy atom. The second kappa shape index (κ2) is 6.02. The first-order valence-corrected chi connectivity index (χ1v) is 5.66. The Hall–Kier alpha value is -0.570. The van der Waals surface area contributed by atoms with E-state index in [0.717, 1.165) is 38.8 Å². The minimum absolute atomic E-state index is 0.220. The van der Waals surface area contributed by atoms with Crippen LogP contribution in [-0.2, 0) is 4.79 Å². The van der Waals surface area contributed by atoms with Crippen LogP contribution < -0.4 is 0 Å². The van der Waals surface area contributed by atoms with E-state index < -0.39 is 0 Å². The number of aliphatic hydroxyl groups is 1. The number of likely N-dealkylation sites (tertiary alicyclic amines) is 1. The molecule has 1 fully saturated rings. The van der Waals surface area contributed by atoms with Crippen LogP contribution in [0.3, 0.4) is 0 Å². The van der Waals surface area contributed by atoms with Crippen LogP contribution in [0.2, 0.25) is 0 Å². The average molecular weight is 199 g/mol. The van der Waals surface area contributed by atoms with Crippen LogP contribution in [0.1, 0.15) is 39.0 Å². The maximum Gasteiger partial charge on any atom is 0.222 e. The summed E-state index contributed by atoms with van der Waals surface area (Å²) in [6.45, 7) is 3.97. The average Bonchev–Trinajstić information content (AvgIpc) is 2.26. The van der Waals surface area contributed by atoms with Crippen LogP contribution in [0, 0.1) is 5.92 Å². The lowest BCUT2D eigenvalue weighted by atomic mass is 9.98. The van der Waals surface area contributed by atoms with Gasteiger partial charge in [-0.1, -0.05) is 13.3 Å². The highest BCUT2D eigenvalue weighted by Gasteiger charge is 2.22. The van der Waals surface area contributed by atoms with Gasteiger partial charge in [0.05, 0.1) is 0 Å². The van der Waals surface area contributed by atoms with Crippen LogP contribution in [0.5, 0.6) is 0 Å². The van der Waals surface area contributed by atoms with Crippen molar-refractivity contribution in [1.29, 1.82) is 0 Å². The number of hydrogen-bond donors (Lipinski definition) is 1. The van der Waals surface area contributed by atoms with Crippen molar-refractivity contribution in [3.63, 3.8) is 0 Å². The molecule has 82 valence electrons. The third kappa shape index (κ3) is 3.29. The summed E-state index contributed by atoms with van der Waals surface area (Å²) in [5, 5.41) is 9.03. The first kappa shape index (κ1) is 11.5. The van der Waals surface area contributed by atoms with Crippen molar-refractivity contribution in [3.8, 4) is 0 Å². The molecule has 0 spiro atoms. The predicted octanol–water partition coefficient (Wildman–Crippen LogP) is 1.41. The molecule has 0 aromatic rings. The number of hydrogen-bond acceptors (Lipinski definition) is 2. The van der Waals surface area contributed by atoms with Crippen LogP contribution in [0.4, 0.5) is 0 Å². The summed E-state index contributed by atoms with van der Waals surface area (Å²) in [5.74, 6) is 0.583. The van der Waals surface area contributed by atoms with Crippen LogP contribution >= 0.6 is 0 Å². The van der Waals surface area contributed by atoms with Crippen molar-refractivity contribution in [2.75, 3.05) is 19.7 Å². The number of aliphatic hydroxyl groups excluding tert-OH is 1. The lowest BCUT2D eigenvalue weighted by Gasteiger charge is -2.31. The number of carbonyl (C=O) groups excluding carboxylic acids is 1. The van der Waals surface area contributed by atoms with E-state index in [4.69, 9.17) is 5.11 Å². The summed E-state index contributed by atoms with van der Waals surface area (Å²) in [7, 11) is 0. The van der Waals surface area contributed by atoms with Crippen molar-refractivity contribution < 1.29 is 9.90 Å². The topological polar surface area (TPSA) is 40.5 Å². The summed E-state index contributed by atoms with van der Waals surface area (Å²) in [6.07, 6.45) is 4.84. The molecule has 1 heterocycles. The van der Waals surface area contributed by atoms with Gasteiger partial charge in [0, 0.05) is 26.1 Å². The highest BCUT2D eigenvalue weighted by Crippen LogP contribution is 2.16. The van der Waals surface area contributed by atoms with Gasteiger partial charge in [-0.25, -0.2) is 0 Å². The molecule has 0 radical (unpaired) electrons. The first-order valence-electron chi connectivity index (χ1n) is 5.66. The van der Waals surface area contributed by atoms with Crippen molar-refractivity contribution in [3.05, 3.63) is 0 Å². The minimum Gasteiger partial charge on any atom is -0.396 e. The largest absolute Gasteiger partial charge is 0.396 e. The van der Waals surface area contributed by atoms with E-state index >= 15 is 0 Å². The summed E-state index contributed by atoms with van der Waals surface area (Å²) in [5.41, 5.74) is 0. The second-order valence-electron chi connectivity index (χ2n) is 4.13. The Morgan fingerprint density at radius 2 is 2.36 bits per heavy atom. The molecule has 0 saturated carbocycles. The van der Waals surface area contributed by atoms with Gasteiger partial charge in [-0.3, -0.25) is 4.79 Å². The summed E-state index contributed by atoms with van der Waals surface area (Å²) < 4.78 is 0. The minimum atomic E-state index is 0.220. The predicted molar refractivity (Wildman–Crippen MR) is 55.9 cm³/mol. The standard InChI is InChI=1S/C11H21NO2/c1-2-3-6-11(14)12-7-4-5-10(8-12)9-13/h10,13H,2-9H2,1H3. The second-order valence-corrected chi connectivity index (χ2v) is 4.13. The van der Waals surface area contributed by atoms with Gasteiger partial charge >= 0.3 is 0 Å². The van der Waals surface area contributed by atoms with Crippen LogP contribution in [0.15, 0.2) is 0 Å². The zero-order valence-electron chi connectivity index (χ0n) is 9.04. The number of nitrogens with zero attached hydrogens (tertiary/aromatic N) is 1. The fourth-order valence-corrected chi connectivity index (χ4v) is 1.93. The molecule has 1 aliphatic rings. The van der Waals surface area contributed by atoms with E-state index in [1.54, 1.807) is 0 Å². The molecule has 1 rings (SSSR count). The molecule has 1 saturated heterocycles. The van der Waals surface area contributed by atoms with Gasteiger partial charge < -0.3 is 10.0 Å². The van der Waals surface area contributed by atoms with Crippen LogP contribution in [-0.4, -0.2) is 35.6 Å². The van der Waals surface area contributed by atoms with E-state index in [1.807, 2.05) is 4.90 Å². The zero-order chi connectivity index (χ0) is 10.4. The molecule has 0 aliphatic carbocycles. The van der Waals surface area contributed by atoms with Gasteiger partial charge in [0.1, 0.15) is 0 Å². The monoisotopic (exact) mass is 199 g/mol. The molecule has 1 atom stereocenters. The van der Waals surface area contributed by atoms with Gasteiger partial charge in [0.2, 0.25) is 5.91 Å². The van der Waals surface area contributed by atoms with Gasteiger partial charge in [-0.15, -0.1) is 0 Å². The number of rotatable bonds is 4. The Morgan fingerprint density at radius 3 is 3.00 bits per heavy atom. The molecule has 1 N–H and O–H groups in total. The molecule has 0 bridgehead atoms. The molecular weight excluding hydrogens is 178 g/mol. The number of carbonyl (C=O) groups is 1. The Balaban J connectivity index is 2.31. The van der Waals surface area contributed by atoms with Crippen molar-refractivity contribution in [2.45, 2.75) is 39.0 Å². The normalized spacial score (nSPS) is 22.4. The van der Waals surface area contributed by atoms with E-state index in [-0.39, 0.29) is 12.5 Å². The number of amides is 1. The maximum atomic E-state index is 11.7. The lowest BCUT2D eigenvalue weighted by Crippen LogP contribution is -2.40. The van der Waals surface area contributed by atoms with Gasteiger partial charge in [-0.05, 0) is 25.2 Å². The van der Waals surface area contributed by atoms with Crippen LogP contribution in [0.25, 0.3) is 0 Å². The van der Waals surface area contributed by atoms with Crippen molar-refractivity contribution >= 4 is 5.91 Å².